The molecule has 1 aliphatic rings. The normalized spacial score (nSPS) is 14.9. The van der Waals surface area contributed by atoms with Crippen LogP contribution in [0.15, 0.2) is 36.8 Å². The molecule has 0 radical (unpaired) electrons. The first-order valence-electron chi connectivity index (χ1n) is 9.00. The number of aromatic nitrogens is 3. The van der Waals surface area contributed by atoms with Gasteiger partial charge >= 0.3 is 0 Å². The minimum atomic E-state index is -0.115. The Bertz CT molecular complexity index is 689. The summed E-state index contributed by atoms with van der Waals surface area (Å²) < 4.78 is 1.95. The Morgan fingerprint density at radius 1 is 1.28 bits per heavy atom. The highest BCUT2D eigenvalue weighted by Crippen LogP contribution is 2.16. The molecule has 0 aromatic carbocycles. The first kappa shape index (κ1) is 17.6. The zero-order valence-corrected chi connectivity index (χ0v) is 15.1. The molecule has 3 rings (SSSR count). The van der Waals surface area contributed by atoms with Crippen LogP contribution in [0.25, 0.3) is 11.3 Å². The Kier molecular flexibility index (Phi) is 5.48. The van der Waals surface area contributed by atoms with E-state index in [9.17, 15) is 4.79 Å². The van der Waals surface area contributed by atoms with Gasteiger partial charge in [-0.25, -0.2) is 0 Å². The molecule has 0 atom stereocenters. The maximum atomic E-state index is 12.2. The van der Waals surface area contributed by atoms with Crippen LogP contribution in [0.1, 0.15) is 33.1 Å². The fourth-order valence-electron chi connectivity index (χ4n) is 3.03. The van der Waals surface area contributed by atoms with E-state index < -0.39 is 0 Å². The summed E-state index contributed by atoms with van der Waals surface area (Å²) in [5.74, 6) is 0.212. The van der Waals surface area contributed by atoms with Crippen molar-refractivity contribution in [3.8, 4) is 11.3 Å². The average molecular weight is 341 g/mol. The van der Waals surface area contributed by atoms with E-state index in [0.29, 0.717) is 6.54 Å². The van der Waals surface area contributed by atoms with Gasteiger partial charge in [0.15, 0.2) is 0 Å². The van der Waals surface area contributed by atoms with Crippen LogP contribution in [0.3, 0.4) is 0 Å². The van der Waals surface area contributed by atoms with Crippen molar-refractivity contribution >= 4 is 5.91 Å². The molecular weight excluding hydrogens is 314 g/mol. The van der Waals surface area contributed by atoms with Gasteiger partial charge in [0.1, 0.15) is 0 Å². The number of hydrogen-bond acceptors (Lipinski definition) is 4. The second-order valence-electron chi connectivity index (χ2n) is 7.28. The summed E-state index contributed by atoms with van der Waals surface area (Å²) >= 11 is 0. The van der Waals surface area contributed by atoms with Gasteiger partial charge < -0.3 is 10.2 Å². The molecule has 2 aromatic rings. The predicted octanol–water partition coefficient (Wildman–Crippen LogP) is 2.33. The molecule has 2 aromatic heterocycles. The van der Waals surface area contributed by atoms with Crippen molar-refractivity contribution in [1.82, 2.24) is 25.0 Å². The van der Waals surface area contributed by atoms with Gasteiger partial charge in [0.25, 0.3) is 0 Å². The molecule has 1 aliphatic heterocycles. The maximum absolute atomic E-state index is 12.2. The highest BCUT2D eigenvalue weighted by atomic mass is 16.2. The SMILES string of the molecule is CC(C)(CCn1ccc(-c2cccnc2)n1)NCC(=O)N1CCCC1. The largest absolute Gasteiger partial charge is 0.342 e. The fourth-order valence-corrected chi connectivity index (χ4v) is 3.03. The third-order valence-corrected chi connectivity index (χ3v) is 4.74. The first-order chi connectivity index (χ1) is 12.0. The van der Waals surface area contributed by atoms with E-state index in [4.69, 9.17) is 0 Å². The molecule has 6 nitrogen and oxygen atoms in total. The lowest BCUT2D eigenvalue weighted by molar-refractivity contribution is -0.129. The summed E-state index contributed by atoms with van der Waals surface area (Å²) in [5.41, 5.74) is 1.84. The van der Waals surface area contributed by atoms with Gasteiger partial charge in [-0.15, -0.1) is 0 Å². The van der Waals surface area contributed by atoms with Crippen LogP contribution in [0.5, 0.6) is 0 Å². The van der Waals surface area contributed by atoms with Gasteiger partial charge in [-0.3, -0.25) is 14.5 Å². The zero-order chi connectivity index (χ0) is 17.7. The number of pyridine rings is 1. The van der Waals surface area contributed by atoms with Crippen molar-refractivity contribution in [2.45, 2.75) is 45.2 Å². The lowest BCUT2D eigenvalue weighted by Gasteiger charge is -2.27. The summed E-state index contributed by atoms with van der Waals surface area (Å²) in [5, 5.41) is 8.02. The molecule has 1 N–H and O–H groups in total. The number of amides is 1. The Balaban J connectivity index is 1.48. The standard InChI is InChI=1S/C19H27N5O/c1-19(2,21-15-18(25)23-10-3-4-11-23)8-13-24-12-7-17(22-24)16-6-5-9-20-14-16/h5-7,9,12,14,21H,3-4,8,10-11,13,15H2,1-2H3. The van der Waals surface area contributed by atoms with Gasteiger partial charge in [-0.1, -0.05) is 0 Å². The first-order valence-corrected chi connectivity index (χ1v) is 9.00. The molecule has 0 unspecified atom stereocenters. The molecule has 6 heteroatoms. The minimum absolute atomic E-state index is 0.115. The van der Waals surface area contributed by atoms with Crippen molar-refractivity contribution in [2.75, 3.05) is 19.6 Å². The molecule has 0 saturated carbocycles. The van der Waals surface area contributed by atoms with E-state index in [1.54, 1.807) is 6.20 Å². The molecule has 1 amide bonds. The third kappa shape index (κ3) is 4.89. The number of carbonyl (C=O) groups excluding carboxylic acids is 1. The Hall–Kier alpha value is -2.21. The van der Waals surface area contributed by atoms with E-state index >= 15 is 0 Å². The van der Waals surface area contributed by atoms with Crippen molar-refractivity contribution in [2.24, 2.45) is 0 Å². The summed E-state index contributed by atoms with van der Waals surface area (Å²) in [6, 6.07) is 5.93. The van der Waals surface area contributed by atoms with Crippen molar-refractivity contribution < 1.29 is 4.79 Å². The number of likely N-dealkylation sites (tertiary alicyclic amines) is 1. The molecule has 0 bridgehead atoms. The van der Waals surface area contributed by atoms with Gasteiger partial charge in [0.05, 0.1) is 12.2 Å². The van der Waals surface area contributed by atoms with Gasteiger partial charge in [0, 0.05) is 49.3 Å². The summed E-state index contributed by atoms with van der Waals surface area (Å²) in [6.07, 6.45) is 8.74. The minimum Gasteiger partial charge on any atom is -0.342 e. The number of nitrogens with one attached hydrogen (secondary N) is 1. The third-order valence-electron chi connectivity index (χ3n) is 4.74. The molecule has 0 aliphatic carbocycles. The van der Waals surface area contributed by atoms with Crippen LogP contribution in [0, 0.1) is 0 Å². The second-order valence-corrected chi connectivity index (χ2v) is 7.28. The Morgan fingerprint density at radius 2 is 2.08 bits per heavy atom. The van der Waals surface area contributed by atoms with Crippen LogP contribution in [-0.4, -0.2) is 50.7 Å². The summed E-state index contributed by atoms with van der Waals surface area (Å²) in [4.78, 5) is 18.3. The fraction of sp³-hybridized carbons (Fsp3) is 0.526. The van der Waals surface area contributed by atoms with Gasteiger partial charge in [-0.05, 0) is 51.3 Å². The van der Waals surface area contributed by atoms with Crippen LogP contribution >= 0.6 is 0 Å². The molecule has 25 heavy (non-hydrogen) atoms. The van der Waals surface area contributed by atoms with Crippen LogP contribution < -0.4 is 5.32 Å². The molecule has 1 saturated heterocycles. The topological polar surface area (TPSA) is 63.1 Å². The number of carbonyl (C=O) groups is 1. The Morgan fingerprint density at radius 3 is 2.80 bits per heavy atom. The highest BCUT2D eigenvalue weighted by molar-refractivity contribution is 5.78. The molecule has 3 heterocycles. The molecule has 134 valence electrons. The Labute approximate surface area is 149 Å². The summed E-state index contributed by atoms with van der Waals surface area (Å²) in [6.45, 7) is 7.30. The lowest BCUT2D eigenvalue weighted by Crippen LogP contribution is -2.46. The lowest BCUT2D eigenvalue weighted by atomic mass is 10.0. The quantitative estimate of drug-likeness (QED) is 0.839. The number of aryl methyl sites for hydroxylation is 1. The van der Waals surface area contributed by atoms with E-state index in [1.807, 2.05) is 40.2 Å². The molecular formula is C19H27N5O. The molecule has 1 fully saturated rings. The van der Waals surface area contributed by atoms with Gasteiger partial charge in [0.2, 0.25) is 5.91 Å². The number of rotatable bonds is 7. The predicted molar refractivity (Wildman–Crippen MR) is 98.0 cm³/mol. The maximum Gasteiger partial charge on any atom is 0.236 e. The highest BCUT2D eigenvalue weighted by Gasteiger charge is 2.22. The van der Waals surface area contributed by atoms with E-state index in [0.717, 1.165) is 50.2 Å². The van der Waals surface area contributed by atoms with Gasteiger partial charge in [-0.2, -0.15) is 5.10 Å². The van der Waals surface area contributed by atoms with Crippen LogP contribution in [0.4, 0.5) is 0 Å². The van der Waals surface area contributed by atoms with E-state index in [2.05, 4.69) is 29.2 Å². The van der Waals surface area contributed by atoms with Crippen molar-refractivity contribution in [1.29, 1.82) is 0 Å². The number of hydrogen-bond donors (Lipinski definition) is 1. The monoisotopic (exact) mass is 341 g/mol. The van der Waals surface area contributed by atoms with Crippen LogP contribution in [0.2, 0.25) is 0 Å². The van der Waals surface area contributed by atoms with E-state index in [-0.39, 0.29) is 11.4 Å². The van der Waals surface area contributed by atoms with E-state index in [1.165, 1.54) is 0 Å². The van der Waals surface area contributed by atoms with Crippen molar-refractivity contribution in [3.05, 3.63) is 36.8 Å². The second kappa shape index (κ2) is 7.78. The number of nitrogens with zero attached hydrogens (tertiary/aromatic N) is 4. The van der Waals surface area contributed by atoms with Crippen LogP contribution in [-0.2, 0) is 11.3 Å². The zero-order valence-electron chi connectivity index (χ0n) is 15.1. The molecule has 0 spiro atoms. The summed E-state index contributed by atoms with van der Waals surface area (Å²) in [7, 11) is 0. The van der Waals surface area contributed by atoms with Crippen molar-refractivity contribution in [3.63, 3.8) is 0 Å². The smallest absolute Gasteiger partial charge is 0.236 e. The average Bonchev–Trinajstić information content (AvgIpc) is 3.31.